The minimum absolute atomic E-state index is 0.449. The number of ether oxygens (including phenoxy) is 2. The Morgan fingerprint density at radius 2 is 1.57 bits per heavy atom. The summed E-state index contributed by atoms with van der Waals surface area (Å²) in [5.74, 6) is 1.41. The van der Waals surface area contributed by atoms with E-state index < -0.39 is 0 Å². The maximum atomic E-state index is 5.96. The molecule has 0 unspecified atom stereocenters. The third-order valence-corrected chi connectivity index (χ3v) is 5.40. The van der Waals surface area contributed by atoms with Gasteiger partial charge in [-0.3, -0.25) is 0 Å². The van der Waals surface area contributed by atoms with Crippen LogP contribution in [0.15, 0.2) is 65.1 Å². The molecule has 0 aliphatic rings. The summed E-state index contributed by atoms with van der Waals surface area (Å²) in [5, 5.41) is 4.19. The zero-order valence-electron chi connectivity index (χ0n) is 16.0. The first-order valence-corrected chi connectivity index (χ1v) is 10.2. The molecule has 0 fully saturated rings. The zero-order chi connectivity index (χ0) is 19.9. The van der Waals surface area contributed by atoms with Crippen LogP contribution in [-0.4, -0.2) is 7.11 Å². The molecule has 0 saturated heterocycles. The molecule has 0 saturated carbocycles. The van der Waals surface area contributed by atoms with E-state index in [-0.39, 0.29) is 0 Å². The van der Waals surface area contributed by atoms with Gasteiger partial charge in [0.25, 0.3) is 0 Å². The van der Waals surface area contributed by atoms with E-state index in [0.717, 1.165) is 28.7 Å². The van der Waals surface area contributed by atoms with Crippen molar-refractivity contribution in [1.29, 1.82) is 0 Å². The van der Waals surface area contributed by atoms with Crippen molar-refractivity contribution in [3.8, 4) is 11.5 Å². The lowest BCUT2D eigenvalue weighted by Gasteiger charge is -2.15. The van der Waals surface area contributed by atoms with Crippen molar-refractivity contribution in [1.82, 2.24) is 5.32 Å². The van der Waals surface area contributed by atoms with Crippen LogP contribution in [0, 0.1) is 6.92 Å². The molecule has 0 radical (unpaired) electrons. The molecule has 0 heterocycles. The van der Waals surface area contributed by atoms with Gasteiger partial charge in [0.2, 0.25) is 0 Å². The van der Waals surface area contributed by atoms with Crippen molar-refractivity contribution in [3.05, 3.63) is 92.4 Å². The van der Waals surface area contributed by atoms with Crippen LogP contribution in [0.25, 0.3) is 0 Å². The predicted octanol–water partition coefficient (Wildman–Crippen LogP) is 6.29. The van der Waals surface area contributed by atoms with E-state index in [2.05, 4.69) is 52.4 Å². The Balaban J connectivity index is 1.63. The van der Waals surface area contributed by atoms with Crippen LogP contribution in [0.5, 0.6) is 11.5 Å². The van der Waals surface area contributed by atoms with E-state index in [4.69, 9.17) is 21.1 Å². The fourth-order valence-electron chi connectivity index (χ4n) is 2.77. The standard InChI is InChI=1S/C23H23BrClNO2/c1-16-3-5-17(6-4-16)13-26-14-19-11-22(27-2)23(12-21(19)24)28-15-18-7-9-20(25)10-8-18/h3-12,26H,13-15H2,1-2H3. The van der Waals surface area contributed by atoms with E-state index in [1.165, 1.54) is 11.1 Å². The Kier molecular flexibility index (Phi) is 7.37. The Morgan fingerprint density at radius 3 is 2.25 bits per heavy atom. The van der Waals surface area contributed by atoms with Crippen LogP contribution in [0.3, 0.4) is 0 Å². The number of hydrogen-bond acceptors (Lipinski definition) is 3. The molecule has 3 rings (SSSR count). The molecule has 3 aromatic rings. The summed E-state index contributed by atoms with van der Waals surface area (Å²) >= 11 is 9.58. The summed E-state index contributed by atoms with van der Waals surface area (Å²) in [6.07, 6.45) is 0. The largest absolute Gasteiger partial charge is 0.493 e. The SMILES string of the molecule is COc1cc(CNCc2ccc(C)cc2)c(Br)cc1OCc1ccc(Cl)cc1. The molecule has 0 aromatic heterocycles. The molecule has 3 aromatic carbocycles. The van der Waals surface area contributed by atoms with Crippen molar-refractivity contribution in [2.24, 2.45) is 0 Å². The van der Waals surface area contributed by atoms with Crippen molar-refractivity contribution in [3.63, 3.8) is 0 Å². The van der Waals surface area contributed by atoms with Gasteiger partial charge < -0.3 is 14.8 Å². The predicted molar refractivity (Wildman–Crippen MR) is 118 cm³/mol. The molecule has 0 amide bonds. The van der Waals surface area contributed by atoms with Gasteiger partial charge in [-0.15, -0.1) is 0 Å². The fraction of sp³-hybridized carbons (Fsp3) is 0.217. The zero-order valence-corrected chi connectivity index (χ0v) is 18.3. The Morgan fingerprint density at radius 1 is 0.893 bits per heavy atom. The lowest BCUT2D eigenvalue weighted by molar-refractivity contribution is 0.284. The van der Waals surface area contributed by atoms with E-state index in [1.807, 2.05) is 36.4 Å². The maximum Gasteiger partial charge on any atom is 0.162 e. The molecule has 0 aliphatic heterocycles. The average Bonchev–Trinajstić information content (AvgIpc) is 2.70. The molecule has 5 heteroatoms. The van der Waals surface area contributed by atoms with Gasteiger partial charge >= 0.3 is 0 Å². The maximum absolute atomic E-state index is 5.96. The highest BCUT2D eigenvalue weighted by Gasteiger charge is 2.11. The number of benzene rings is 3. The van der Waals surface area contributed by atoms with E-state index in [0.29, 0.717) is 23.1 Å². The van der Waals surface area contributed by atoms with Gasteiger partial charge in [0, 0.05) is 22.6 Å². The second kappa shape index (κ2) is 9.97. The third kappa shape index (κ3) is 5.74. The lowest BCUT2D eigenvalue weighted by atomic mass is 10.1. The molecule has 0 atom stereocenters. The monoisotopic (exact) mass is 459 g/mol. The van der Waals surface area contributed by atoms with Gasteiger partial charge in [-0.1, -0.05) is 69.5 Å². The summed E-state index contributed by atoms with van der Waals surface area (Å²) in [7, 11) is 1.65. The number of nitrogens with one attached hydrogen (secondary N) is 1. The quantitative estimate of drug-likeness (QED) is 0.428. The van der Waals surface area contributed by atoms with Crippen molar-refractivity contribution in [2.75, 3.05) is 7.11 Å². The molecule has 1 N–H and O–H groups in total. The summed E-state index contributed by atoms with van der Waals surface area (Å²) < 4.78 is 12.5. The summed E-state index contributed by atoms with van der Waals surface area (Å²) in [6, 6.07) is 20.1. The Labute approximate surface area is 179 Å². The minimum atomic E-state index is 0.449. The molecule has 0 bridgehead atoms. The highest BCUT2D eigenvalue weighted by atomic mass is 79.9. The summed E-state index contributed by atoms with van der Waals surface area (Å²) in [6.45, 7) is 4.08. The van der Waals surface area contributed by atoms with Gasteiger partial charge in [0.15, 0.2) is 11.5 Å². The number of halogens is 2. The van der Waals surface area contributed by atoms with Crippen molar-refractivity contribution >= 4 is 27.5 Å². The van der Waals surface area contributed by atoms with Crippen LogP contribution < -0.4 is 14.8 Å². The Bertz CT molecular complexity index is 911. The number of methoxy groups -OCH3 is 1. The highest BCUT2D eigenvalue weighted by Crippen LogP contribution is 2.34. The molecule has 146 valence electrons. The van der Waals surface area contributed by atoms with Crippen LogP contribution >= 0.6 is 27.5 Å². The second-order valence-corrected chi connectivity index (χ2v) is 7.89. The average molecular weight is 461 g/mol. The van der Waals surface area contributed by atoms with Crippen LogP contribution in [0.1, 0.15) is 22.3 Å². The first-order chi connectivity index (χ1) is 13.5. The molecule has 0 aliphatic carbocycles. The van der Waals surface area contributed by atoms with Gasteiger partial charge in [-0.05, 0) is 47.9 Å². The topological polar surface area (TPSA) is 30.5 Å². The first-order valence-electron chi connectivity index (χ1n) is 9.05. The van der Waals surface area contributed by atoms with Crippen molar-refractivity contribution in [2.45, 2.75) is 26.6 Å². The van der Waals surface area contributed by atoms with E-state index >= 15 is 0 Å². The molecular formula is C23H23BrClNO2. The van der Waals surface area contributed by atoms with Crippen LogP contribution in [0.4, 0.5) is 0 Å². The third-order valence-electron chi connectivity index (χ3n) is 4.41. The molecule has 3 nitrogen and oxygen atoms in total. The van der Waals surface area contributed by atoms with Gasteiger partial charge in [-0.2, -0.15) is 0 Å². The number of aryl methyl sites for hydroxylation is 1. The van der Waals surface area contributed by atoms with Gasteiger partial charge in [0.05, 0.1) is 7.11 Å². The minimum Gasteiger partial charge on any atom is -0.493 e. The van der Waals surface area contributed by atoms with Crippen LogP contribution in [-0.2, 0) is 19.7 Å². The second-order valence-electron chi connectivity index (χ2n) is 6.60. The van der Waals surface area contributed by atoms with Crippen molar-refractivity contribution < 1.29 is 9.47 Å². The first kappa shape index (κ1) is 20.7. The molecular weight excluding hydrogens is 438 g/mol. The normalized spacial score (nSPS) is 10.7. The van der Waals surface area contributed by atoms with Gasteiger partial charge in [0.1, 0.15) is 6.61 Å². The highest BCUT2D eigenvalue weighted by molar-refractivity contribution is 9.10. The van der Waals surface area contributed by atoms with Gasteiger partial charge in [-0.25, -0.2) is 0 Å². The number of rotatable bonds is 8. The summed E-state index contributed by atoms with van der Waals surface area (Å²) in [5.41, 5.74) is 4.69. The van der Waals surface area contributed by atoms with Crippen LogP contribution in [0.2, 0.25) is 5.02 Å². The Hall–Kier alpha value is -2.01. The lowest BCUT2D eigenvalue weighted by Crippen LogP contribution is -2.13. The smallest absolute Gasteiger partial charge is 0.162 e. The molecule has 28 heavy (non-hydrogen) atoms. The summed E-state index contributed by atoms with van der Waals surface area (Å²) in [4.78, 5) is 0. The van der Waals surface area contributed by atoms with E-state index in [9.17, 15) is 0 Å². The molecule has 0 spiro atoms. The van der Waals surface area contributed by atoms with E-state index in [1.54, 1.807) is 7.11 Å². The number of hydrogen-bond donors (Lipinski definition) is 1. The fourth-order valence-corrected chi connectivity index (χ4v) is 3.36.